The lowest BCUT2D eigenvalue weighted by molar-refractivity contribution is -0.350. The van der Waals surface area contributed by atoms with Gasteiger partial charge in [0.15, 0.2) is 5.82 Å². The van der Waals surface area contributed by atoms with Gasteiger partial charge >= 0.3 is 18.0 Å². The number of amides is 2. The van der Waals surface area contributed by atoms with Crippen LogP contribution in [0, 0.1) is 0 Å². The molecule has 0 fully saturated rings. The number of aromatic nitrogens is 6. The van der Waals surface area contributed by atoms with Crippen molar-refractivity contribution in [2.45, 2.75) is 50.9 Å². The highest BCUT2D eigenvalue weighted by atomic mass is 35.5. The van der Waals surface area contributed by atoms with Gasteiger partial charge in [-0.05, 0) is 51.1 Å². The van der Waals surface area contributed by atoms with E-state index in [1.807, 2.05) is 0 Å². The molecule has 10 nitrogen and oxygen atoms in total. The molecular weight excluding hydrogens is 696 g/mol. The lowest BCUT2D eigenvalue weighted by atomic mass is 10.0. The topological polar surface area (TPSA) is 120 Å². The highest BCUT2D eigenvalue weighted by Gasteiger charge is 2.75. The number of benzene rings is 1. The molecule has 0 saturated carbocycles. The minimum atomic E-state index is -6.40. The van der Waals surface area contributed by atoms with E-state index in [1.54, 1.807) is 20.8 Å². The van der Waals surface area contributed by atoms with Gasteiger partial charge < -0.3 is 10.6 Å². The minimum Gasteiger partial charge on any atom is -0.347 e. The van der Waals surface area contributed by atoms with Crippen LogP contribution in [0.3, 0.4) is 0 Å². The maximum atomic E-state index is 14.5. The molecule has 20 heteroatoms. The van der Waals surface area contributed by atoms with Gasteiger partial charge in [-0.15, -0.1) is 5.10 Å². The second-order valence-electron chi connectivity index (χ2n) is 10.7. The number of pyridine rings is 1. The Bertz CT molecular complexity index is 1780. The van der Waals surface area contributed by atoms with Gasteiger partial charge in [-0.3, -0.25) is 9.59 Å². The summed E-state index contributed by atoms with van der Waals surface area (Å²) in [6.45, 7) is 4.45. The van der Waals surface area contributed by atoms with Crippen LogP contribution in [0.1, 0.15) is 53.0 Å². The predicted octanol–water partition coefficient (Wildman–Crippen LogP) is 6.94. The zero-order chi connectivity index (χ0) is 34.4. The summed E-state index contributed by atoms with van der Waals surface area (Å²) in [4.78, 5) is 30.7. The summed E-state index contributed by atoms with van der Waals surface area (Å²) >= 11 is 18.7. The number of halogens is 10. The van der Waals surface area contributed by atoms with E-state index >= 15 is 0 Å². The fourth-order valence-corrected chi connectivity index (χ4v) is 4.72. The third kappa shape index (κ3) is 7.05. The van der Waals surface area contributed by atoms with Gasteiger partial charge in [-0.2, -0.15) is 31.4 Å². The normalized spacial score (nSPS) is 12.7. The Morgan fingerprint density at radius 3 is 2.15 bits per heavy atom. The first-order valence-electron chi connectivity index (χ1n) is 12.7. The Hall–Kier alpha value is -3.96. The standard InChI is InChI=1S/C26H20Cl3F7N8O2/c1-23(2,3)39-21(45)14-7-12(27)8-16(29)19(14)38-22(46)17-9-13(41-44(17)20-15(28)5-4-6-37-20)10-43-11-18(40-42-43)24(30,25(31,32)33)26(34,35)36/h4-9,11H,10H2,1-3H3,(H,38,46)(H,39,45). The van der Waals surface area contributed by atoms with Crippen LogP contribution in [0.15, 0.2) is 42.7 Å². The number of hydrogen-bond acceptors (Lipinski definition) is 6. The number of nitrogens with zero attached hydrogens (tertiary/aromatic N) is 6. The summed E-state index contributed by atoms with van der Waals surface area (Å²) in [5.74, 6) is -1.70. The first kappa shape index (κ1) is 34.9. The lowest BCUT2D eigenvalue weighted by Gasteiger charge is -2.27. The Morgan fingerprint density at radius 1 is 0.913 bits per heavy atom. The van der Waals surface area contributed by atoms with Crippen molar-refractivity contribution in [2.75, 3.05) is 5.32 Å². The third-order valence-corrected chi connectivity index (χ3v) is 6.77. The molecule has 0 aliphatic carbocycles. The van der Waals surface area contributed by atoms with Gasteiger partial charge in [0, 0.05) is 16.8 Å². The molecule has 0 radical (unpaired) electrons. The van der Waals surface area contributed by atoms with E-state index < -0.39 is 47.6 Å². The fraction of sp³-hybridized carbons (Fsp3) is 0.308. The summed E-state index contributed by atoms with van der Waals surface area (Å²) in [6.07, 6.45) is -11.4. The molecule has 0 atom stereocenters. The molecule has 0 aliphatic rings. The molecule has 46 heavy (non-hydrogen) atoms. The second kappa shape index (κ2) is 12.3. The van der Waals surface area contributed by atoms with Gasteiger partial charge in [0.2, 0.25) is 0 Å². The molecule has 2 N–H and O–H groups in total. The van der Waals surface area contributed by atoms with Gasteiger partial charge in [-0.1, -0.05) is 40.0 Å². The SMILES string of the molecule is CC(C)(C)NC(=O)c1cc(Cl)cc(Cl)c1NC(=O)c1cc(Cn2cc(C(F)(C(F)(F)F)C(F)(F)F)nn2)nn1-c1ncccc1Cl. The van der Waals surface area contributed by atoms with Crippen molar-refractivity contribution < 1.29 is 40.3 Å². The summed E-state index contributed by atoms with van der Waals surface area (Å²) < 4.78 is 95.0. The van der Waals surface area contributed by atoms with E-state index in [4.69, 9.17) is 34.8 Å². The minimum absolute atomic E-state index is 0.0124. The molecular formula is C26H20Cl3F7N8O2. The molecule has 1 aromatic carbocycles. The van der Waals surface area contributed by atoms with E-state index in [0.29, 0.717) is 4.68 Å². The molecule has 0 saturated heterocycles. The Morgan fingerprint density at radius 2 is 1.57 bits per heavy atom. The average molecular weight is 716 g/mol. The van der Waals surface area contributed by atoms with E-state index in [-0.39, 0.29) is 49.7 Å². The fourth-order valence-electron chi connectivity index (χ4n) is 3.98. The molecule has 0 unspecified atom stereocenters. The quantitative estimate of drug-likeness (QED) is 0.200. The maximum Gasteiger partial charge on any atom is 0.437 e. The molecule has 0 bridgehead atoms. The van der Waals surface area contributed by atoms with E-state index in [9.17, 15) is 40.3 Å². The summed E-state index contributed by atoms with van der Waals surface area (Å²) in [5.41, 5.74) is -9.33. The van der Waals surface area contributed by atoms with Crippen molar-refractivity contribution in [3.05, 3.63) is 80.4 Å². The molecule has 0 spiro atoms. The number of alkyl halides is 7. The van der Waals surface area contributed by atoms with Crippen molar-refractivity contribution in [3.8, 4) is 5.82 Å². The molecule has 4 rings (SSSR count). The molecule has 246 valence electrons. The van der Waals surface area contributed by atoms with Crippen molar-refractivity contribution in [2.24, 2.45) is 0 Å². The van der Waals surface area contributed by atoms with Crippen LogP contribution in [-0.4, -0.2) is 59.5 Å². The van der Waals surface area contributed by atoms with E-state index in [1.165, 1.54) is 30.5 Å². The average Bonchev–Trinajstić information content (AvgIpc) is 3.55. The number of nitrogens with one attached hydrogen (secondary N) is 2. The van der Waals surface area contributed by atoms with Crippen molar-refractivity contribution in [1.29, 1.82) is 0 Å². The zero-order valence-corrected chi connectivity index (χ0v) is 25.8. The second-order valence-corrected chi connectivity index (χ2v) is 11.9. The van der Waals surface area contributed by atoms with Crippen LogP contribution >= 0.6 is 34.8 Å². The first-order valence-corrected chi connectivity index (χ1v) is 13.8. The van der Waals surface area contributed by atoms with E-state index in [0.717, 1.165) is 10.7 Å². The van der Waals surface area contributed by atoms with Gasteiger partial charge in [0.1, 0.15) is 11.4 Å². The van der Waals surface area contributed by atoms with Crippen LogP contribution in [0.4, 0.5) is 36.4 Å². The van der Waals surface area contributed by atoms with Crippen LogP contribution in [-0.2, 0) is 12.2 Å². The zero-order valence-electron chi connectivity index (χ0n) is 23.5. The monoisotopic (exact) mass is 714 g/mol. The van der Waals surface area contributed by atoms with Crippen LogP contribution in [0.5, 0.6) is 0 Å². The van der Waals surface area contributed by atoms with Gasteiger partial charge in [0.05, 0.1) is 39.7 Å². The van der Waals surface area contributed by atoms with Gasteiger partial charge in [-0.25, -0.2) is 18.7 Å². The third-order valence-electron chi connectivity index (χ3n) is 5.96. The number of carbonyl (C=O) groups excluding carboxylic acids is 2. The molecule has 3 heterocycles. The number of rotatable bonds is 7. The van der Waals surface area contributed by atoms with Crippen molar-refractivity contribution in [1.82, 2.24) is 35.1 Å². The largest absolute Gasteiger partial charge is 0.437 e. The van der Waals surface area contributed by atoms with E-state index in [2.05, 4.69) is 31.0 Å². The Kier molecular flexibility index (Phi) is 9.36. The van der Waals surface area contributed by atoms with Crippen LogP contribution in [0.25, 0.3) is 5.82 Å². The summed E-state index contributed by atoms with van der Waals surface area (Å²) in [5, 5.41) is 15.3. The molecule has 0 aliphatic heterocycles. The number of hydrogen-bond donors (Lipinski definition) is 2. The molecule has 3 aromatic heterocycles. The highest BCUT2D eigenvalue weighted by Crippen LogP contribution is 2.52. The lowest BCUT2D eigenvalue weighted by Crippen LogP contribution is -2.50. The van der Waals surface area contributed by atoms with Crippen molar-refractivity contribution >= 4 is 52.3 Å². The number of anilines is 1. The molecule has 4 aromatic rings. The maximum absolute atomic E-state index is 14.5. The Balaban J connectivity index is 1.76. The van der Waals surface area contributed by atoms with Crippen LogP contribution < -0.4 is 10.6 Å². The summed E-state index contributed by atoms with van der Waals surface area (Å²) in [7, 11) is 0. The smallest absolute Gasteiger partial charge is 0.347 e. The highest BCUT2D eigenvalue weighted by molar-refractivity contribution is 6.38. The Labute approximate surface area is 269 Å². The van der Waals surface area contributed by atoms with Crippen LogP contribution in [0.2, 0.25) is 15.1 Å². The summed E-state index contributed by atoms with van der Waals surface area (Å²) in [6, 6.07) is 6.47. The molecule has 2 amide bonds. The predicted molar refractivity (Wildman–Crippen MR) is 152 cm³/mol. The first-order chi connectivity index (χ1) is 21.1. The van der Waals surface area contributed by atoms with Crippen molar-refractivity contribution in [3.63, 3.8) is 0 Å². The number of carbonyl (C=O) groups is 2. The van der Waals surface area contributed by atoms with Gasteiger partial charge in [0.25, 0.3) is 11.8 Å².